The zero-order chi connectivity index (χ0) is 21.1. The van der Waals surface area contributed by atoms with Gasteiger partial charge in [-0.2, -0.15) is 0 Å². The second kappa shape index (κ2) is 6.60. The topological polar surface area (TPSA) is 28.9 Å². The summed E-state index contributed by atoms with van der Waals surface area (Å²) in [6.45, 7) is 0. The Labute approximate surface area is 184 Å². The molecule has 2 heterocycles. The number of fused-ring (bicyclic) bond motifs is 6. The van der Waals surface area contributed by atoms with Crippen LogP contribution < -0.4 is 0 Å². The molecule has 2 heteroatoms. The van der Waals surface area contributed by atoms with E-state index in [0.29, 0.717) is 0 Å². The van der Waals surface area contributed by atoms with Crippen LogP contribution in [0.1, 0.15) is 0 Å². The highest BCUT2D eigenvalue weighted by atomic mass is 16.3. The van der Waals surface area contributed by atoms with Crippen molar-refractivity contribution in [3.05, 3.63) is 109 Å². The van der Waals surface area contributed by atoms with Crippen molar-refractivity contribution in [2.75, 3.05) is 0 Å². The Morgan fingerprint density at radius 1 is 0.406 bits per heavy atom. The third-order valence-corrected chi connectivity index (χ3v) is 6.42. The molecular weight excluding hydrogens is 390 g/mol. The summed E-state index contributed by atoms with van der Waals surface area (Å²) in [5.41, 5.74) is 9.01. The van der Waals surface area contributed by atoms with Crippen molar-refractivity contribution in [1.82, 2.24) is 4.98 Å². The van der Waals surface area contributed by atoms with E-state index in [-0.39, 0.29) is 0 Å². The fraction of sp³-hybridized carbons (Fsp3) is 0. The lowest BCUT2D eigenvalue weighted by atomic mass is 10.0. The van der Waals surface area contributed by atoms with E-state index in [4.69, 9.17) is 4.42 Å². The molecule has 0 amide bonds. The van der Waals surface area contributed by atoms with E-state index in [1.165, 1.54) is 33.0 Å². The summed E-state index contributed by atoms with van der Waals surface area (Å²) in [5.74, 6) is 0. The number of rotatable bonds is 2. The molecule has 0 aliphatic rings. The molecule has 0 bridgehead atoms. The quantitative estimate of drug-likeness (QED) is 0.304. The van der Waals surface area contributed by atoms with E-state index < -0.39 is 0 Å². The first-order chi connectivity index (χ1) is 15.8. The van der Waals surface area contributed by atoms with Crippen molar-refractivity contribution >= 4 is 43.7 Å². The van der Waals surface area contributed by atoms with Crippen LogP contribution in [0.4, 0.5) is 0 Å². The normalized spacial score (nSPS) is 11.8. The van der Waals surface area contributed by atoms with Gasteiger partial charge in [0.1, 0.15) is 11.2 Å². The van der Waals surface area contributed by atoms with E-state index in [1.807, 2.05) is 12.1 Å². The molecule has 0 saturated heterocycles. The lowest BCUT2D eigenvalue weighted by Crippen LogP contribution is -1.78. The molecule has 1 N–H and O–H groups in total. The van der Waals surface area contributed by atoms with Crippen LogP contribution in [0.2, 0.25) is 0 Å². The van der Waals surface area contributed by atoms with Crippen LogP contribution in [0.5, 0.6) is 0 Å². The number of hydrogen-bond acceptors (Lipinski definition) is 1. The van der Waals surface area contributed by atoms with Crippen LogP contribution in [0, 0.1) is 0 Å². The maximum absolute atomic E-state index is 5.99. The van der Waals surface area contributed by atoms with Crippen molar-refractivity contribution in [3.8, 4) is 22.3 Å². The van der Waals surface area contributed by atoms with Gasteiger partial charge in [0.2, 0.25) is 0 Å². The molecule has 32 heavy (non-hydrogen) atoms. The largest absolute Gasteiger partial charge is 0.456 e. The summed E-state index contributed by atoms with van der Waals surface area (Å²) in [7, 11) is 0. The van der Waals surface area contributed by atoms with E-state index in [9.17, 15) is 0 Å². The number of nitrogens with one attached hydrogen (secondary N) is 1. The van der Waals surface area contributed by atoms with E-state index >= 15 is 0 Å². The van der Waals surface area contributed by atoms with E-state index in [1.54, 1.807) is 0 Å². The SMILES string of the molecule is c1ccc(-c2ccc3c(c2)[nH]c2cc(-c4ccc5oc6ccccc6c5c4)ccc23)cc1. The summed E-state index contributed by atoms with van der Waals surface area (Å²) in [4.78, 5) is 3.64. The van der Waals surface area contributed by atoms with Crippen molar-refractivity contribution in [2.45, 2.75) is 0 Å². The summed E-state index contributed by atoms with van der Waals surface area (Å²) in [6, 6.07) is 38.5. The molecule has 0 unspecified atom stereocenters. The zero-order valence-corrected chi connectivity index (χ0v) is 17.3. The smallest absolute Gasteiger partial charge is 0.135 e. The summed E-state index contributed by atoms with van der Waals surface area (Å²) >= 11 is 0. The monoisotopic (exact) mass is 409 g/mol. The van der Waals surface area contributed by atoms with Gasteiger partial charge >= 0.3 is 0 Å². The average Bonchev–Trinajstić information content (AvgIpc) is 3.41. The Morgan fingerprint density at radius 3 is 1.78 bits per heavy atom. The first-order valence-corrected chi connectivity index (χ1v) is 10.9. The van der Waals surface area contributed by atoms with Gasteiger partial charge < -0.3 is 9.40 Å². The predicted octanol–water partition coefficient (Wildman–Crippen LogP) is 8.55. The molecule has 0 aliphatic heterocycles. The van der Waals surface area contributed by atoms with Gasteiger partial charge in [0.15, 0.2) is 0 Å². The molecule has 2 aromatic heterocycles. The molecule has 0 spiro atoms. The Balaban J connectivity index is 1.37. The fourth-order valence-corrected chi connectivity index (χ4v) is 4.81. The molecule has 5 aromatic carbocycles. The highest BCUT2D eigenvalue weighted by molar-refractivity contribution is 6.10. The van der Waals surface area contributed by atoms with Crippen LogP contribution in [0.15, 0.2) is 114 Å². The number of para-hydroxylation sites is 1. The maximum Gasteiger partial charge on any atom is 0.135 e. The highest BCUT2D eigenvalue weighted by Gasteiger charge is 2.10. The minimum absolute atomic E-state index is 0.926. The number of aromatic amines is 1. The van der Waals surface area contributed by atoms with Gasteiger partial charge in [0.25, 0.3) is 0 Å². The van der Waals surface area contributed by atoms with Crippen LogP contribution in [-0.2, 0) is 0 Å². The number of benzene rings is 5. The minimum atomic E-state index is 0.926. The van der Waals surface area contributed by atoms with Gasteiger partial charge in [-0.3, -0.25) is 0 Å². The van der Waals surface area contributed by atoms with Crippen LogP contribution in [-0.4, -0.2) is 4.98 Å². The number of H-pyrrole nitrogens is 1. The van der Waals surface area contributed by atoms with Crippen molar-refractivity contribution in [2.24, 2.45) is 0 Å². The summed E-state index contributed by atoms with van der Waals surface area (Å²) in [5, 5.41) is 4.81. The molecule has 2 nitrogen and oxygen atoms in total. The lowest BCUT2D eigenvalue weighted by Gasteiger charge is -2.03. The predicted molar refractivity (Wildman–Crippen MR) is 134 cm³/mol. The zero-order valence-electron chi connectivity index (χ0n) is 17.3. The molecule has 0 aliphatic carbocycles. The molecule has 7 rings (SSSR count). The summed E-state index contributed by atoms with van der Waals surface area (Å²) < 4.78 is 5.99. The maximum atomic E-state index is 5.99. The Hall–Kier alpha value is -4.30. The Kier molecular flexibility index (Phi) is 3.58. The third kappa shape index (κ3) is 2.60. The average molecular weight is 409 g/mol. The van der Waals surface area contributed by atoms with Gasteiger partial charge in [-0.25, -0.2) is 0 Å². The summed E-state index contributed by atoms with van der Waals surface area (Å²) in [6.07, 6.45) is 0. The van der Waals surface area contributed by atoms with E-state index in [2.05, 4.69) is 102 Å². The van der Waals surface area contributed by atoms with Crippen molar-refractivity contribution < 1.29 is 4.42 Å². The lowest BCUT2D eigenvalue weighted by molar-refractivity contribution is 0.669. The molecule has 150 valence electrons. The van der Waals surface area contributed by atoms with Gasteiger partial charge in [0.05, 0.1) is 0 Å². The van der Waals surface area contributed by atoms with Gasteiger partial charge in [-0.15, -0.1) is 0 Å². The Bertz CT molecular complexity index is 1770. The van der Waals surface area contributed by atoms with Gasteiger partial charge in [-0.05, 0) is 52.6 Å². The van der Waals surface area contributed by atoms with Gasteiger partial charge in [-0.1, -0.05) is 78.9 Å². The minimum Gasteiger partial charge on any atom is -0.456 e. The molecule has 0 atom stereocenters. The molecule has 0 radical (unpaired) electrons. The molecule has 0 fully saturated rings. The molecular formula is C30H19NO. The fourth-order valence-electron chi connectivity index (χ4n) is 4.81. The van der Waals surface area contributed by atoms with Crippen LogP contribution >= 0.6 is 0 Å². The van der Waals surface area contributed by atoms with Crippen molar-refractivity contribution in [1.29, 1.82) is 0 Å². The standard InChI is InChI=1S/C30H19NO/c1-2-6-19(7-3-1)21-10-13-23-24-14-11-22(18-28(24)31-27(23)17-21)20-12-15-30-26(16-20)25-8-4-5-9-29(25)32-30/h1-18,31H. The van der Waals surface area contributed by atoms with Crippen molar-refractivity contribution in [3.63, 3.8) is 0 Å². The number of aromatic nitrogens is 1. The van der Waals surface area contributed by atoms with E-state index in [0.717, 1.165) is 33.0 Å². The second-order valence-electron chi connectivity index (χ2n) is 8.32. The molecule has 0 saturated carbocycles. The first kappa shape index (κ1) is 17.4. The second-order valence-corrected chi connectivity index (χ2v) is 8.32. The first-order valence-electron chi connectivity index (χ1n) is 10.9. The van der Waals surface area contributed by atoms with Gasteiger partial charge in [0, 0.05) is 32.6 Å². The molecule has 7 aromatic rings. The third-order valence-electron chi connectivity index (χ3n) is 6.42. The Morgan fingerprint density at radius 2 is 1.00 bits per heavy atom. The highest BCUT2D eigenvalue weighted by Crippen LogP contribution is 2.35. The number of hydrogen-bond donors (Lipinski definition) is 1. The van der Waals surface area contributed by atoms with Crippen LogP contribution in [0.25, 0.3) is 66.0 Å². The van der Waals surface area contributed by atoms with Crippen LogP contribution in [0.3, 0.4) is 0 Å². The number of furan rings is 1.